The van der Waals surface area contributed by atoms with E-state index in [0.29, 0.717) is 6.61 Å². The lowest BCUT2D eigenvalue weighted by atomic mass is 10.0. The van der Waals surface area contributed by atoms with Crippen molar-refractivity contribution in [2.24, 2.45) is 0 Å². The van der Waals surface area contributed by atoms with Crippen LogP contribution in [0.25, 0.3) is 0 Å². The maximum Gasteiger partial charge on any atom is 0.315 e. The lowest BCUT2D eigenvalue weighted by Crippen LogP contribution is -2.46. The van der Waals surface area contributed by atoms with Gasteiger partial charge in [-0.05, 0) is 19.8 Å². The van der Waals surface area contributed by atoms with E-state index in [1.165, 1.54) is 0 Å². The smallest absolute Gasteiger partial charge is 0.315 e. The summed E-state index contributed by atoms with van der Waals surface area (Å²) in [7, 11) is 0. The van der Waals surface area contributed by atoms with Gasteiger partial charge in [-0.1, -0.05) is 0 Å². The summed E-state index contributed by atoms with van der Waals surface area (Å²) in [5.41, 5.74) is 0. The van der Waals surface area contributed by atoms with E-state index in [9.17, 15) is 9.59 Å². The topological polar surface area (TPSA) is 87.7 Å². The van der Waals surface area contributed by atoms with Gasteiger partial charge in [0.2, 0.25) is 0 Å². The van der Waals surface area contributed by atoms with Crippen molar-refractivity contribution in [3.63, 3.8) is 0 Å². The zero-order chi connectivity index (χ0) is 12.0. The molecule has 0 aromatic rings. The van der Waals surface area contributed by atoms with E-state index in [4.69, 9.17) is 9.84 Å². The molecular formula is C10H18N2O4. The lowest BCUT2D eigenvalue weighted by Gasteiger charge is -2.27. The third-order valence-corrected chi connectivity index (χ3v) is 2.44. The van der Waals surface area contributed by atoms with Gasteiger partial charge in [0.15, 0.2) is 0 Å². The molecular weight excluding hydrogens is 212 g/mol. The van der Waals surface area contributed by atoms with Crippen LogP contribution in [0.2, 0.25) is 0 Å². The van der Waals surface area contributed by atoms with Crippen molar-refractivity contribution in [2.45, 2.75) is 38.3 Å². The first-order chi connectivity index (χ1) is 7.58. The summed E-state index contributed by atoms with van der Waals surface area (Å²) in [5.74, 6) is -0.917. The minimum atomic E-state index is -0.917. The fraction of sp³-hybridized carbons (Fsp3) is 0.800. The molecule has 0 bridgehead atoms. The molecule has 2 amide bonds. The molecule has 0 aromatic carbocycles. The van der Waals surface area contributed by atoms with Crippen molar-refractivity contribution in [3.8, 4) is 0 Å². The Morgan fingerprint density at radius 2 is 2.25 bits per heavy atom. The van der Waals surface area contributed by atoms with E-state index in [1.54, 1.807) is 0 Å². The first-order valence-corrected chi connectivity index (χ1v) is 5.45. The predicted octanol–water partition coefficient (Wildman–Crippen LogP) is 0.328. The summed E-state index contributed by atoms with van der Waals surface area (Å²) in [6.07, 6.45) is 1.71. The van der Waals surface area contributed by atoms with Gasteiger partial charge in [0.05, 0.1) is 12.5 Å². The average molecular weight is 230 g/mol. The summed E-state index contributed by atoms with van der Waals surface area (Å²) < 4.78 is 5.35. The Labute approximate surface area is 94.3 Å². The number of ether oxygens (including phenoxy) is 1. The van der Waals surface area contributed by atoms with E-state index in [1.807, 2.05) is 6.92 Å². The molecule has 6 nitrogen and oxygen atoms in total. The van der Waals surface area contributed by atoms with Crippen molar-refractivity contribution < 1.29 is 19.4 Å². The highest BCUT2D eigenvalue weighted by Gasteiger charge is 2.20. The van der Waals surface area contributed by atoms with Crippen LogP contribution in [0.3, 0.4) is 0 Å². The Morgan fingerprint density at radius 3 is 2.88 bits per heavy atom. The van der Waals surface area contributed by atoms with Crippen molar-refractivity contribution in [3.05, 3.63) is 0 Å². The molecule has 1 aliphatic rings. The average Bonchev–Trinajstić information content (AvgIpc) is 2.16. The SMILES string of the molecule is CC1CC(NC(=O)NCCC(=O)O)CCO1. The molecule has 0 spiro atoms. The van der Waals surface area contributed by atoms with Gasteiger partial charge in [-0.3, -0.25) is 4.79 Å². The van der Waals surface area contributed by atoms with Crippen molar-refractivity contribution in [1.82, 2.24) is 10.6 Å². The zero-order valence-corrected chi connectivity index (χ0v) is 9.36. The van der Waals surface area contributed by atoms with Crippen LogP contribution in [0.5, 0.6) is 0 Å². The molecule has 92 valence electrons. The van der Waals surface area contributed by atoms with E-state index in [0.717, 1.165) is 12.8 Å². The van der Waals surface area contributed by atoms with Gasteiger partial charge in [0, 0.05) is 19.2 Å². The number of carboxylic acids is 1. The Bertz CT molecular complexity index is 257. The van der Waals surface area contributed by atoms with Crippen molar-refractivity contribution in [1.29, 1.82) is 0 Å². The molecule has 1 heterocycles. The van der Waals surface area contributed by atoms with Crippen LogP contribution in [0.15, 0.2) is 0 Å². The van der Waals surface area contributed by atoms with E-state index in [-0.39, 0.29) is 31.1 Å². The number of carbonyl (C=O) groups is 2. The number of aliphatic carboxylic acids is 1. The third-order valence-electron chi connectivity index (χ3n) is 2.44. The monoisotopic (exact) mass is 230 g/mol. The summed E-state index contributed by atoms with van der Waals surface area (Å²) in [6, 6.07) is -0.186. The lowest BCUT2D eigenvalue weighted by molar-refractivity contribution is -0.136. The quantitative estimate of drug-likeness (QED) is 0.649. The fourth-order valence-electron chi connectivity index (χ4n) is 1.65. The zero-order valence-electron chi connectivity index (χ0n) is 9.36. The first kappa shape index (κ1) is 12.8. The molecule has 0 saturated carbocycles. The van der Waals surface area contributed by atoms with Crippen molar-refractivity contribution >= 4 is 12.0 Å². The van der Waals surface area contributed by atoms with Crippen LogP contribution in [0, 0.1) is 0 Å². The normalized spacial score (nSPS) is 24.8. The van der Waals surface area contributed by atoms with Crippen molar-refractivity contribution in [2.75, 3.05) is 13.2 Å². The summed E-state index contributed by atoms with van der Waals surface area (Å²) in [5, 5.41) is 13.7. The first-order valence-electron chi connectivity index (χ1n) is 5.45. The van der Waals surface area contributed by atoms with Crippen LogP contribution >= 0.6 is 0 Å². The molecule has 0 aliphatic carbocycles. The van der Waals surface area contributed by atoms with Gasteiger partial charge >= 0.3 is 12.0 Å². The third kappa shape index (κ3) is 4.97. The highest BCUT2D eigenvalue weighted by molar-refractivity contribution is 5.75. The highest BCUT2D eigenvalue weighted by Crippen LogP contribution is 2.12. The number of nitrogens with one attached hydrogen (secondary N) is 2. The molecule has 0 aromatic heterocycles. The molecule has 16 heavy (non-hydrogen) atoms. The number of hydrogen-bond acceptors (Lipinski definition) is 3. The predicted molar refractivity (Wildman–Crippen MR) is 57.2 cm³/mol. The van der Waals surface area contributed by atoms with Gasteiger partial charge in [0.1, 0.15) is 0 Å². The van der Waals surface area contributed by atoms with E-state index < -0.39 is 5.97 Å². The maximum atomic E-state index is 11.3. The molecule has 1 aliphatic heterocycles. The number of rotatable bonds is 4. The summed E-state index contributed by atoms with van der Waals surface area (Å²) >= 11 is 0. The molecule has 1 fully saturated rings. The molecule has 3 N–H and O–H groups in total. The van der Waals surface area contributed by atoms with Crippen LogP contribution < -0.4 is 10.6 Å². The van der Waals surface area contributed by atoms with Crippen LogP contribution in [0.1, 0.15) is 26.2 Å². The Kier molecular flexibility index (Phi) is 5.04. The summed E-state index contributed by atoms with van der Waals surface area (Å²) in [4.78, 5) is 21.6. The molecule has 1 saturated heterocycles. The standard InChI is InChI=1S/C10H18N2O4/c1-7-6-8(3-5-16-7)12-10(15)11-4-2-9(13)14/h7-8H,2-6H2,1H3,(H,13,14)(H2,11,12,15). The molecule has 2 unspecified atom stereocenters. The fourth-order valence-corrected chi connectivity index (χ4v) is 1.65. The number of hydrogen-bond donors (Lipinski definition) is 3. The number of carboxylic acid groups (broad SMARTS) is 1. The van der Waals surface area contributed by atoms with Gasteiger partial charge in [0.25, 0.3) is 0 Å². The molecule has 1 rings (SSSR count). The van der Waals surface area contributed by atoms with E-state index >= 15 is 0 Å². The van der Waals surface area contributed by atoms with Gasteiger partial charge in [-0.25, -0.2) is 4.79 Å². The number of amides is 2. The molecule has 2 atom stereocenters. The van der Waals surface area contributed by atoms with Crippen LogP contribution in [-0.4, -0.2) is 42.4 Å². The van der Waals surface area contributed by atoms with Gasteiger partial charge < -0.3 is 20.5 Å². The second-order valence-corrected chi connectivity index (χ2v) is 3.95. The number of urea groups is 1. The largest absolute Gasteiger partial charge is 0.481 e. The minimum Gasteiger partial charge on any atom is -0.481 e. The second-order valence-electron chi connectivity index (χ2n) is 3.95. The van der Waals surface area contributed by atoms with Crippen LogP contribution in [0.4, 0.5) is 4.79 Å². The Balaban J connectivity index is 2.15. The maximum absolute atomic E-state index is 11.3. The minimum absolute atomic E-state index is 0.0579. The number of carbonyl (C=O) groups excluding carboxylic acids is 1. The Hall–Kier alpha value is -1.30. The van der Waals surface area contributed by atoms with Crippen LogP contribution in [-0.2, 0) is 9.53 Å². The molecule has 0 radical (unpaired) electrons. The van der Waals surface area contributed by atoms with Gasteiger partial charge in [-0.15, -0.1) is 0 Å². The molecule has 6 heteroatoms. The highest BCUT2D eigenvalue weighted by atomic mass is 16.5. The van der Waals surface area contributed by atoms with Gasteiger partial charge in [-0.2, -0.15) is 0 Å². The summed E-state index contributed by atoms with van der Waals surface area (Å²) in [6.45, 7) is 2.78. The second kappa shape index (κ2) is 6.32. The van der Waals surface area contributed by atoms with E-state index in [2.05, 4.69) is 10.6 Å². The Morgan fingerprint density at radius 1 is 1.50 bits per heavy atom.